The van der Waals surface area contributed by atoms with Crippen molar-refractivity contribution in [1.82, 2.24) is 0 Å². The summed E-state index contributed by atoms with van der Waals surface area (Å²) >= 11 is 5.70. The van der Waals surface area contributed by atoms with E-state index in [-0.39, 0.29) is 16.2 Å². The van der Waals surface area contributed by atoms with Crippen LogP contribution in [0, 0.1) is 5.82 Å². The van der Waals surface area contributed by atoms with E-state index < -0.39 is 5.82 Å². The van der Waals surface area contributed by atoms with Crippen LogP contribution in [0.2, 0.25) is 5.02 Å². The normalized spacial score (nSPS) is 18.6. The zero-order valence-corrected chi connectivity index (χ0v) is 9.02. The highest BCUT2D eigenvalue weighted by Gasteiger charge is 2.39. The maximum Gasteiger partial charge on any atom is 0.145 e. The van der Waals surface area contributed by atoms with E-state index in [4.69, 9.17) is 17.3 Å². The van der Waals surface area contributed by atoms with Gasteiger partial charge in [-0.3, -0.25) is 0 Å². The lowest BCUT2D eigenvalue weighted by Crippen LogP contribution is -2.41. The van der Waals surface area contributed by atoms with Crippen LogP contribution < -0.4 is 5.73 Å². The third kappa shape index (κ3) is 1.60. The Kier molecular flexibility index (Phi) is 2.61. The van der Waals surface area contributed by atoms with Gasteiger partial charge in [0, 0.05) is 23.6 Å². The van der Waals surface area contributed by atoms with Crippen LogP contribution in [-0.4, -0.2) is 11.7 Å². The van der Waals surface area contributed by atoms with Crippen molar-refractivity contribution in [2.24, 2.45) is 5.73 Å². The fourth-order valence-electron chi connectivity index (χ4n) is 2.15. The molecule has 0 heterocycles. The van der Waals surface area contributed by atoms with Gasteiger partial charge < -0.3 is 10.8 Å². The number of hydrogen-bond acceptors (Lipinski definition) is 2. The van der Waals surface area contributed by atoms with Crippen molar-refractivity contribution in [2.45, 2.75) is 24.7 Å². The van der Waals surface area contributed by atoms with Crippen LogP contribution in [0.25, 0.3) is 0 Å². The molecule has 1 aliphatic rings. The minimum atomic E-state index is -0.593. The summed E-state index contributed by atoms with van der Waals surface area (Å²) in [5.74, 6) is -0.633. The maximum atomic E-state index is 13.1. The molecule has 2 nitrogen and oxygen atoms in total. The second-order valence-corrected chi connectivity index (χ2v) is 4.53. The fraction of sp³-hybridized carbons (Fsp3) is 0.455. The van der Waals surface area contributed by atoms with Crippen LogP contribution in [0.3, 0.4) is 0 Å². The molecule has 4 heteroatoms. The average molecular weight is 230 g/mol. The summed E-state index contributed by atoms with van der Waals surface area (Å²) in [7, 11) is 0. The second-order valence-electron chi connectivity index (χ2n) is 4.12. The van der Waals surface area contributed by atoms with Gasteiger partial charge in [0.05, 0.1) is 5.02 Å². The Bertz CT molecular complexity index is 385. The highest BCUT2D eigenvalue weighted by atomic mass is 35.5. The molecule has 0 spiro atoms. The molecule has 0 aliphatic heterocycles. The third-order valence-electron chi connectivity index (χ3n) is 3.31. The van der Waals surface area contributed by atoms with E-state index in [2.05, 4.69) is 0 Å². The molecule has 1 aliphatic carbocycles. The van der Waals surface area contributed by atoms with Gasteiger partial charge in [-0.05, 0) is 18.9 Å². The fourth-order valence-corrected chi connectivity index (χ4v) is 2.31. The van der Waals surface area contributed by atoms with Gasteiger partial charge >= 0.3 is 0 Å². The van der Waals surface area contributed by atoms with E-state index in [1.807, 2.05) is 0 Å². The van der Waals surface area contributed by atoms with Crippen LogP contribution in [0.1, 0.15) is 24.8 Å². The van der Waals surface area contributed by atoms with Crippen LogP contribution in [0.5, 0.6) is 5.75 Å². The molecule has 1 aromatic carbocycles. The number of hydrogen-bond donors (Lipinski definition) is 2. The van der Waals surface area contributed by atoms with Crippen molar-refractivity contribution in [1.29, 1.82) is 0 Å². The smallest absolute Gasteiger partial charge is 0.145 e. The molecule has 82 valence electrons. The van der Waals surface area contributed by atoms with E-state index in [1.165, 1.54) is 6.07 Å². The topological polar surface area (TPSA) is 46.2 Å². The third-order valence-corrected chi connectivity index (χ3v) is 3.60. The molecule has 0 amide bonds. The molecule has 0 bridgehead atoms. The number of phenols is 1. The van der Waals surface area contributed by atoms with Gasteiger partial charge in [-0.2, -0.15) is 0 Å². The molecular weight excluding hydrogens is 217 g/mol. The Morgan fingerprint density at radius 2 is 2.13 bits per heavy atom. The van der Waals surface area contributed by atoms with E-state index in [1.54, 1.807) is 0 Å². The zero-order chi connectivity index (χ0) is 11.1. The Morgan fingerprint density at radius 1 is 1.47 bits per heavy atom. The maximum absolute atomic E-state index is 13.1. The standard InChI is InChI=1S/C11H13ClFNO/c12-8-4-7(10(15)5-9(8)13)11(6-14)2-1-3-11/h4-5,15H,1-3,6,14H2. The summed E-state index contributed by atoms with van der Waals surface area (Å²) in [4.78, 5) is 0. The molecule has 15 heavy (non-hydrogen) atoms. The van der Waals surface area contributed by atoms with Gasteiger partial charge in [0.15, 0.2) is 0 Å². The monoisotopic (exact) mass is 229 g/mol. The number of halogens is 2. The summed E-state index contributed by atoms with van der Waals surface area (Å²) in [6, 6.07) is 2.56. The first-order chi connectivity index (χ1) is 7.09. The lowest BCUT2D eigenvalue weighted by Gasteiger charge is -2.41. The first kappa shape index (κ1) is 10.7. The molecule has 1 saturated carbocycles. The second kappa shape index (κ2) is 3.65. The van der Waals surface area contributed by atoms with Gasteiger partial charge in [-0.1, -0.05) is 18.0 Å². The Balaban J connectivity index is 2.47. The quantitative estimate of drug-likeness (QED) is 0.819. The van der Waals surface area contributed by atoms with Gasteiger partial charge in [-0.15, -0.1) is 0 Å². The van der Waals surface area contributed by atoms with Gasteiger partial charge in [0.25, 0.3) is 0 Å². The van der Waals surface area contributed by atoms with Gasteiger partial charge in [0.2, 0.25) is 0 Å². The molecule has 1 fully saturated rings. The Morgan fingerprint density at radius 3 is 2.60 bits per heavy atom. The molecule has 0 aromatic heterocycles. The molecule has 2 rings (SSSR count). The minimum absolute atomic E-state index is 0.0398. The number of benzene rings is 1. The summed E-state index contributed by atoms with van der Waals surface area (Å²) in [6.45, 7) is 0.461. The lowest BCUT2D eigenvalue weighted by atomic mass is 9.64. The van der Waals surface area contributed by atoms with Crippen molar-refractivity contribution >= 4 is 11.6 Å². The first-order valence-corrected chi connectivity index (χ1v) is 5.35. The molecule has 0 radical (unpaired) electrons. The van der Waals surface area contributed by atoms with Crippen molar-refractivity contribution in [3.05, 3.63) is 28.5 Å². The lowest BCUT2D eigenvalue weighted by molar-refractivity contribution is 0.244. The van der Waals surface area contributed by atoms with Crippen molar-refractivity contribution in [2.75, 3.05) is 6.54 Å². The summed E-state index contributed by atoms with van der Waals surface area (Å²) < 4.78 is 13.1. The molecule has 3 N–H and O–H groups in total. The van der Waals surface area contributed by atoms with E-state index in [9.17, 15) is 9.50 Å². The van der Waals surface area contributed by atoms with Crippen molar-refractivity contribution in [3.8, 4) is 5.75 Å². The predicted molar refractivity (Wildman–Crippen MR) is 57.7 cm³/mol. The highest BCUT2D eigenvalue weighted by molar-refractivity contribution is 6.30. The largest absolute Gasteiger partial charge is 0.508 e. The highest BCUT2D eigenvalue weighted by Crippen LogP contribution is 2.47. The van der Waals surface area contributed by atoms with E-state index in [0.717, 1.165) is 25.3 Å². The molecule has 0 atom stereocenters. The van der Waals surface area contributed by atoms with Crippen LogP contribution in [0.15, 0.2) is 12.1 Å². The van der Waals surface area contributed by atoms with Crippen LogP contribution >= 0.6 is 11.6 Å². The number of rotatable bonds is 2. The van der Waals surface area contributed by atoms with Crippen molar-refractivity contribution < 1.29 is 9.50 Å². The van der Waals surface area contributed by atoms with E-state index >= 15 is 0 Å². The first-order valence-electron chi connectivity index (χ1n) is 4.98. The van der Waals surface area contributed by atoms with Crippen LogP contribution in [-0.2, 0) is 5.41 Å². The number of nitrogens with two attached hydrogens (primary N) is 1. The molecule has 0 saturated heterocycles. The summed E-state index contributed by atoms with van der Waals surface area (Å²) in [6.07, 6.45) is 2.95. The molecule has 1 aromatic rings. The van der Waals surface area contributed by atoms with Gasteiger partial charge in [0.1, 0.15) is 11.6 Å². The summed E-state index contributed by atoms with van der Waals surface area (Å²) in [5.41, 5.74) is 6.20. The SMILES string of the molecule is NCC1(c2cc(Cl)c(F)cc2O)CCC1. The molecular formula is C11H13ClFNO. The average Bonchev–Trinajstić information content (AvgIpc) is 2.12. The summed E-state index contributed by atoms with van der Waals surface area (Å²) in [5, 5.41) is 9.74. The van der Waals surface area contributed by atoms with Crippen molar-refractivity contribution in [3.63, 3.8) is 0 Å². The van der Waals surface area contributed by atoms with E-state index in [0.29, 0.717) is 12.1 Å². The number of phenolic OH excluding ortho intramolecular Hbond substituents is 1. The minimum Gasteiger partial charge on any atom is -0.508 e. The Hall–Kier alpha value is -0.800. The Labute approximate surface area is 92.9 Å². The molecule has 0 unspecified atom stereocenters. The number of aromatic hydroxyl groups is 1. The predicted octanol–water partition coefficient (Wildman–Crippen LogP) is 2.57. The van der Waals surface area contributed by atoms with Crippen LogP contribution in [0.4, 0.5) is 4.39 Å². The van der Waals surface area contributed by atoms with Gasteiger partial charge in [-0.25, -0.2) is 4.39 Å². The zero-order valence-electron chi connectivity index (χ0n) is 8.26.